The van der Waals surface area contributed by atoms with Gasteiger partial charge in [0.2, 0.25) is 11.7 Å². The summed E-state index contributed by atoms with van der Waals surface area (Å²) in [4.78, 5) is 4.00. The van der Waals surface area contributed by atoms with Gasteiger partial charge in [0.05, 0.1) is 11.4 Å². The fourth-order valence-electron chi connectivity index (χ4n) is 1.60. The summed E-state index contributed by atoms with van der Waals surface area (Å²) in [5, 5.41) is 13.4. The number of phenols is 1. The van der Waals surface area contributed by atoms with Crippen LogP contribution in [0.4, 0.5) is 0 Å². The molecule has 0 saturated heterocycles. The maximum Gasteiger partial charge on any atom is 0.240 e. The summed E-state index contributed by atoms with van der Waals surface area (Å²) >= 11 is 0. The van der Waals surface area contributed by atoms with E-state index in [9.17, 15) is 13.5 Å². The van der Waals surface area contributed by atoms with Crippen molar-refractivity contribution in [3.8, 4) is 17.1 Å². The molecule has 0 aliphatic rings. The monoisotopic (exact) mass is 283 g/mol. The highest BCUT2D eigenvalue weighted by molar-refractivity contribution is 7.90. The van der Waals surface area contributed by atoms with Crippen LogP contribution in [-0.2, 0) is 16.4 Å². The van der Waals surface area contributed by atoms with Crippen molar-refractivity contribution in [1.29, 1.82) is 0 Å². The highest BCUT2D eigenvalue weighted by Gasteiger charge is 2.20. The number of nitrogens with zero attached hydrogens (tertiary/aromatic N) is 2. The predicted octanol–water partition coefficient (Wildman–Crippen LogP) is 0.613. The van der Waals surface area contributed by atoms with Crippen LogP contribution >= 0.6 is 0 Å². The second-order valence-corrected chi connectivity index (χ2v) is 6.11. The summed E-state index contributed by atoms with van der Waals surface area (Å²) in [6.45, 7) is 1.66. The average molecular weight is 283 g/mol. The Labute approximate surface area is 110 Å². The van der Waals surface area contributed by atoms with Crippen molar-refractivity contribution in [2.75, 3.05) is 6.26 Å². The third-order valence-corrected chi connectivity index (χ3v) is 3.72. The lowest BCUT2D eigenvalue weighted by molar-refractivity contribution is 0.380. The van der Waals surface area contributed by atoms with E-state index in [-0.39, 0.29) is 34.5 Å². The number of aromatic nitrogens is 2. The minimum atomic E-state index is -3.48. The molecule has 0 spiro atoms. The molecular formula is C11H13N3O4S. The van der Waals surface area contributed by atoms with Gasteiger partial charge in [0.15, 0.2) is 9.84 Å². The van der Waals surface area contributed by atoms with Gasteiger partial charge in [0, 0.05) is 11.8 Å². The minimum Gasteiger partial charge on any atom is -0.508 e. The van der Waals surface area contributed by atoms with E-state index in [1.807, 2.05) is 0 Å². The standard InChI is InChI=1S/C11H13N3O4S/c1-6-3-9(19(2,16)17)7(4-8(6)15)11-13-10(5-12)18-14-11/h3-4,15H,5,12H2,1-2H3. The van der Waals surface area contributed by atoms with Gasteiger partial charge in [-0.1, -0.05) is 5.16 Å². The minimum absolute atomic E-state index is 0.0344. The molecule has 0 fully saturated rings. The van der Waals surface area contributed by atoms with Crippen molar-refractivity contribution in [3.63, 3.8) is 0 Å². The first kappa shape index (κ1) is 13.5. The molecule has 1 heterocycles. The Kier molecular flexibility index (Phi) is 3.29. The number of aryl methyl sites for hydroxylation is 1. The van der Waals surface area contributed by atoms with Crippen LogP contribution in [0, 0.1) is 6.92 Å². The molecule has 102 valence electrons. The third-order valence-electron chi connectivity index (χ3n) is 2.58. The summed E-state index contributed by atoms with van der Waals surface area (Å²) in [6.07, 6.45) is 1.08. The Morgan fingerprint density at radius 3 is 2.63 bits per heavy atom. The number of hydrogen-bond acceptors (Lipinski definition) is 7. The van der Waals surface area contributed by atoms with Crippen molar-refractivity contribution < 1.29 is 18.0 Å². The van der Waals surface area contributed by atoms with Gasteiger partial charge in [0.1, 0.15) is 5.75 Å². The van der Waals surface area contributed by atoms with Crippen LogP contribution in [-0.4, -0.2) is 29.9 Å². The quantitative estimate of drug-likeness (QED) is 0.846. The summed E-state index contributed by atoms with van der Waals surface area (Å²) < 4.78 is 28.4. The van der Waals surface area contributed by atoms with Gasteiger partial charge >= 0.3 is 0 Å². The Morgan fingerprint density at radius 2 is 2.11 bits per heavy atom. The molecule has 1 aromatic heterocycles. The number of benzene rings is 1. The Morgan fingerprint density at radius 1 is 1.42 bits per heavy atom. The van der Waals surface area contributed by atoms with Crippen LogP contribution in [0.15, 0.2) is 21.6 Å². The molecule has 0 bridgehead atoms. The molecule has 0 radical (unpaired) electrons. The zero-order valence-corrected chi connectivity index (χ0v) is 11.2. The lowest BCUT2D eigenvalue weighted by atomic mass is 10.1. The molecule has 0 atom stereocenters. The fraction of sp³-hybridized carbons (Fsp3) is 0.273. The number of phenolic OH excluding ortho intramolecular Hbond substituents is 1. The maximum atomic E-state index is 11.8. The molecule has 2 rings (SSSR count). The molecule has 1 aromatic carbocycles. The van der Waals surface area contributed by atoms with Gasteiger partial charge in [-0.25, -0.2) is 8.42 Å². The number of nitrogens with two attached hydrogens (primary N) is 1. The molecule has 0 aliphatic heterocycles. The average Bonchev–Trinajstić information content (AvgIpc) is 2.79. The summed E-state index contributed by atoms with van der Waals surface area (Å²) in [5.41, 5.74) is 5.99. The van der Waals surface area contributed by atoms with E-state index in [0.29, 0.717) is 5.56 Å². The van der Waals surface area contributed by atoms with Gasteiger partial charge in [-0.2, -0.15) is 4.98 Å². The van der Waals surface area contributed by atoms with Gasteiger partial charge in [-0.05, 0) is 24.6 Å². The SMILES string of the molecule is Cc1cc(S(C)(=O)=O)c(-c2noc(CN)n2)cc1O. The van der Waals surface area contributed by atoms with Gasteiger partial charge in [-0.15, -0.1) is 0 Å². The Hall–Kier alpha value is -1.93. The smallest absolute Gasteiger partial charge is 0.240 e. The zero-order chi connectivity index (χ0) is 14.2. The number of aromatic hydroxyl groups is 1. The van der Waals surface area contributed by atoms with Crippen LogP contribution in [0.1, 0.15) is 11.5 Å². The third kappa shape index (κ3) is 2.59. The number of sulfone groups is 1. The van der Waals surface area contributed by atoms with Crippen LogP contribution in [0.5, 0.6) is 5.75 Å². The highest BCUT2D eigenvalue weighted by atomic mass is 32.2. The number of rotatable bonds is 3. The Bertz CT molecular complexity index is 722. The molecule has 2 aromatic rings. The maximum absolute atomic E-state index is 11.8. The highest BCUT2D eigenvalue weighted by Crippen LogP contribution is 2.31. The van der Waals surface area contributed by atoms with E-state index in [1.54, 1.807) is 6.92 Å². The Balaban J connectivity index is 2.71. The lowest BCUT2D eigenvalue weighted by Gasteiger charge is -2.07. The largest absolute Gasteiger partial charge is 0.508 e. The van der Waals surface area contributed by atoms with Crippen molar-refractivity contribution in [1.82, 2.24) is 10.1 Å². The molecule has 0 aliphatic carbocycles. The van der Waals surface area contributed by atoms with Crippen LogP contribution in [0.25, 0.3) is 11.4 Å². The second-order valence-electron chi connectivity index (χ2n) is 4.12. The van der Waals surface area contributed by atoms with Gasteiger partial charge < -0.3 is 15.4 Å². The summed E-state index contributed by atoms with van der Waals surface area (Å²) in [5.74, 6) is 0.229. The molecule has 19 heavy (non-hydrogen) atoms. The predicted molar refractivity (Wildman–Crippen MR) is 67.1 cm³/mol. The summed E-state index contributed by atoms with van der Waals surface area (Å²) in [6, 6.07) is 2.68. The first-order valence-corrected chi connectivity index (χ1v) is 7.28. The van der Waals surface area contributed by atoms with Crippen molar-refractivity contribution >= 4 is 9.84 Å². The van der Waals surface area contributed by atoms with Crippen molar-refractivity contribution in [2.45, 2.75) is 18.4 Å². The molecule has 7 nitrogen and oxygen atoms in total. The fourth-order valence-corrected chi connectivity index (χ4v) is 2.54. The zero-order valence-electron chi connectivity index (χ0n) is 10.4. The van der Waals surface area contributed by atoms with E-state index in [2.05, 4.69) is 10.1 Å². The molecule has 0 unspecified atom stereocenters. The second kappa shape index (κ2) is 4.63. The molecule has 0 amide bonds. The van der Waals surface area contributed by atoms with E-state index in [0.717, 1.165) is 6.26 Å². The normalized spacial score (nSPS) is 11.7. The number of hydrogen-bond donors (Lipinski definition) is 2. The van der Waals surface area contributed by atoms with E-state index in [1.165, 1.54) is 12.1 Å². The van der Waals surface area contributed by atoms with E-state index < -0.39 is 9.84 Å². The van der Waals surface area contributed by atoms with Crippen molar-refractivity contribution in [3.05, 3.63) is 23.6 Å². The van der Waals surface area contributed by atoms with Gasteiger partial charge in [0.25, 0.3) is 0 Å². The van der Waals surface area contributed by atoms with Crippen LogP contribution in [0.3, 0.4) is 0 Å². The molecular weight excluding hydrogens is 270 g/mol. The van der Waals surface area contributed by atoms with Crippen molar-refractivity contribution in [2.24, 2.45) is 5.73 Å². The van der Waals surface area contributed by atoms with E-state index in [4.69, 9.17) is 10.3 Å². The van der Waals surface area contributed by atoms with Crippen LogP contribution in [0.2, 0.25) is 0 Å². The molecule has 0 saturated carbocycles. The first-order valence-electron chi connectivity index (χ1n) is 5.39. The lowest BCUT2D eigenvalue weighted by Crippen LogP contribution is -2.02. The summed E-state index contributed by atoms with van der Waals surface area (Å²) in [7, 11) is -3.48. The van der Waals surface area contributed by atoms with Gasteiger partial charge in [-0.3, -0.25) is 0 Å². The van der Waals surface area contributed by atoms with E-state index >= 15 is 0 Å². The molecule has 8 heteroatoms. The molecule has 3 N–H and O–H groups in total. The van der Waals surface area contributed by atoms with Crippen LogP contribution < -0.4 is 5.73 Å². The first-order chi connectivity index (χ1) is 8.82. The topological polar surface area (TPSA) is 119 Å².